The van der Waals surface area contributed by atoms with Gasteiger partial charge in [-0.15, -0.1) is 10.2 Å². The van der Waals surface area contributed by atoms with Crippen LogP contribution in [-0.4, -0.2) is 51.7 Å². The number of nitrogens with two attached hydrogens (primary N) is 1. The molecule has 0 atom stereocenters. The van der Waals surface area contributed by atoms with Crippen molar-refractivity contribution in [2.75, 3.05) is 17.2 Å². The van der Waals surface area contributed by atoms with Crippen LogP contribution in [-0.2, 0) is 6.54 Å². The summed E-state index contributed by atoms with van der Waals surface area (Å²) in [5.41, 5.74) is 7.49. The van der Waals surface area contributed by atoms with Crippen molar-refractivity contribution in [2.45, 2.75) is 13.5 Å². The van der Waals surface area contributed by atoms with Crippen LogP contribution in [0.25, 0.3) is 28.3 Å². The molecule has 2 N–H and O–H groups in total. The average Bonchev–Trinajstić information content (AvgIpc) is 3.41. The standard InChI is InChI=1S/C18H17F2N9S/c1-2-30-7-6-28-10-14(23-26-28)11-8-12(17(21)22-9-11)18-24-25-27-29(18)15-5-3-4-13(19)16(15)20/h3-5,8-10H,2,6-7H2,1H3,(H2,21,22). The minimum Gasteiger partial charge on any atom is -0.383 e. The number of anilines is 1. The van der Waals surface area contributed by atoms with E-state index >= 15 is 0 Å². The summed E-state index contributed by atoms with van der Waals surface area (Å²) in [7, 11) is 0. The number of benzene rings is 1. The zero-order valence-electron chi connectivity index (χ0n) is 15.9. The molecule has 0 aliphatic heterocycles. The summed E-state index contributed by atoms with van der Waals surface area (Å²) in [6, 6.07) is 5.44. The lowest BCUT2D eigenvalue weighted by molar-refractivity contribution is 0.501. The van der Waals surface area contributed by atoms with E-state index in [1.54, 1.807) is 16.9 Å². The Balaban J connectivity index is 1.71. The molecule has 12 heteroatoms. The van der Waals surface area contributed by atoms with Crippen molar-refractivity contribution in [3.05, 3.63) is 48.3 Å². The Hall–Kier alpha value is -3.41. The Morgan fingerprint density at radius 2 is 2.03 bits per heavy atom. The quantitative estimate of drug-likeness (QED) is 0.446. The second kappa shape index (κ2) is 8.53. The molecule has 0 saturated heterocycles. The fraction of sp³-hybridized carbons (Fsp3) is 0.222. The minimum atomic E-state index is -1.07. The summed E-state index contributed by atoms with van der Waals surface area (Å²) in [5.74, 6) is 0.149. The van der Waals surface area contributed by atoms with Crippen LogP contribution in [0.2, 0.25) is 0 Å². The lowest BCUT2D eigenvalue weighted by atomic mass is 10.1. The zero-order chi connectivity index (χ0) is 21.1. The number of thioether (sulfide) groups is 1. The molecule has 0 amide bonds. The van der Waals surface area contributed by atoms with Gasteiger partial charge in [-0.2, -0.15) is 16.4 Å². The summed E-state index contributed by atoms with van der Waals surface area (Å²) >= 11 is 1.81. The Kier molecular flexibility index (Phi) is 5.65. The zero-order valence-corrected chi connectivity index (χ0v) is 16.7. The van der Waals surface area contributed by atoms with Crippen molar-refractivity contribution in [1.29, 1.82) is 0 Å². The Morgan fingerprint density at radius 3 is 2.87 bits per heavy atom. The first kappa shape index (κ1) is 19.9. The molecule has 0 bridgehead atoms. The Morgan fingerprint density at radius 1 is 1.17 bits per heavy atom. The van der Waals surface area contributed by atoms with Gasteiger partial charge in [0.15, 0.2) is 17.5 Å². The fourth-order valence-electron chi connectivity index (χ4n) is 2.81. The van der Waals surface area contributed by atoms with Gasteiger partial charge in [0.05, 0.1) is 18.3 Å². The molecule has 0 radical (unpaired) electrons. The van der Waals surface area contributed by atoms with Crippen molar-refractivity contribution < 1.29 is 8.78 Å². The molecule has 1 aromatic carbocycles. The van der Waals surface area contributed by atoms with E-state index in [-0.39, 0.29) is 17.3 Å². The summed E-state index contributed by atoms with van der Waals surface area (Å²) in [5, 5.41) is 19.6. The minimum absolute atomic E-state index is 0.123. The van der Waals surface area contributed by atoms with Gasteiger partial charge < -0.3 is 5.73 Å². The molecular formula is C18H17F2N9S. The molecule has 3 aromatic heterocycles. The Bertz CT molecular complexity index is 1170. The number of pyridine rings is 1. The number of rotatable bonds is 7. The predicted molar refractivity (Wildman–Crippen MR) is 109 cm³/mol. The first-order valence-electron chi connectivity index (χ1n) is 9.05. The largest absolute Gasteiger partial charge is 0.383 e. The topological polar surface area (TPSA) is 113 Å². The normalized spacial score (nSPS) is 11.2. The molecule has 30 heavy (non-hydrogen) atoms. The van der Waals surface area contributed by atoms with Crippen LogP contribution in [0.5, 0.6) is 0 Å². The first-order valence-corrected chi connectivity index (χ1v) is 10.2. The molecule has 0 saturated carbocycles. The van der Waals surface area contributed by atoms with E-state index in [4.69, 9.17) is 5.73 Å². The fourth-order valence-corrected chi connectivity index (χ4v) is 3.42. The van der Waals surface area contributed by atoms with E-state index in [0.29, 0.717) is 16.8 Å². The van der Waals surface area contributed by atoms with E-state index in [0.717, 1.165) is 28.8 Å². The lowest BCUT2D eigenvalue weighted by Gasteiger charge is -2.08. The second-order valence-electron chi connectivity index (χ2n) is 6.21. The van der Waals surface area contributed by atoms with Gasteiger partial charge in [-0.1, -0.05) is 18.2 Å². The highest BCUT2D eigenvalue weighted by molar-refractivity contribution is 7.99. The molecule has 0 unspecified atom stereocenters. The number of hydrogen-bond acceptors (Lipinski definition) is 8. The highest BCUT2D eigenvalue weighted by Crippen LogP contribution is 2.29. The number of nitrogen functional groups attached to an aromatic ring is 1. The van der Waals surface area contributed by atoms with Crippen molar-refractivity contribution in [3.8, 4) is 28.3 Å². The maximum Gasteiger partial charge on any atom is 0.190 e. The maximum absolute atomic E-state index is 14.3. The summed E-state index contributed by atoms with van der Waals surface area (Å²) < 4.78 is 30.8. The highest BCUT2D eigenvalue weighted by Gasteiger charge is 2.20. The first-order chi connectivity index (χ1) is 14.6. The molecule has 0 aliphatic rings. The lowest BCUT2D eigenvalue weighted by Crippen LogP contribution is -2.06. The van der Waals surface area contributed by atoms with Crippen LogP contribution in [0.4, 0.5) is 14.6 Å². The van der Waals surface area contributed by atoms with Crippen molar-refractivity contribution >= 4 is 17.6 Å². The number of tetrazole rings is 1. The van der Waals surface area contributed by atoms with E-state index in [1.807, 2.05) is 18.0 Å². The van der Waals surface area contributed by atoms with E-state index in [1.165, 1.54) is 12.1 Å². The van der Waals surface area contributed by atoms with E-state index in [2.05, 4.69) is 37.7 Å². The SMILES string of the molecule is CCSCCn1cc(-c2cnc(N)c(-c3nnnn3-c3cccc(F)c3F)c2)nn1. The van der Waals surface area contributed by atoms with Crippen LogP contribution in [0.1, 0.15) is 6.92 Å². The van der Waals surface area contributed by atoms with Crippen LogP contribution in [0.3, 0.4) is 0 Å². The van der Waals surface area contributed by atoms with Crippen LogP contribution in [0, 0.1) is 11.6 Å². The summed E-state index contributed by atoms with van der Waals surface area (Å²) in [4.78, 5) is 4.19. The summed E-state index contributed by atoms with van der Waals surface area (Å²) in [6.45, 7) is 2.83. The maximum atomic E-state index is 14.3. The smallest absolute Gasteiger partial charge is 0.190 e. The van der Waals surface area contributed by atoms with E-state index in [9.17, 15) is 8.78 Å². The van der Waals surface area contributed by atoms with Crippen LogP contribution < -0.4 is 5.73 Å². The summed E-state index contributed by atoms with van der Waals surface area (Å²) in [6.07, 6.45) is 3.37. The van der Waals surface area contributed by atoms with Gasteiger partial charge in [0.1, 0.15) is 17.2 Å². The molecule has 0 spiro atoms. The van der Waals surface area contributed by atoms with Crippen LogP contribution >= 0.6 is 11.8 Å². The molecule has 3 heterocycles. The number of halogens is 2. The number of nitrogens with zero attached hydrogens (tertiary/aromatic N) is 8. The van der Waals surface area contributed by atoms with Gasteiger partial charge >= 0.3 is 0 Å². The molecule has 0 fully saturated rings. The van der Waals surface area contributed by atoms with Crippen molar-refractivity contribution in [3.63, 3.8) is 0 Å². The average molecular weight is 429 g/mol. The number of aryl methyl sites for hydroxylation is 1. The second-order valence-corrected chi connectivity index (χ2v) is 7.60. The molecule has 154 valence electrons. The molecule has 4 aromatic rings. The van der Waals surface area contributed by atoms with Gasteiger partial charge in [0.25, 0.3) is 0 Å². The number of aromatic nitrogens is 8. The van der Waals surface area contributed by atoms with Gasteiger partial charge in [-0.05, 0) is 34.4 Å². The van der Waals surface area contributed by atoms with Gasteiger partial charge in [0.2, 0.25) is 0 Å². The Labute approximate surface area is 174 Å². The van der Waals surface area contributed by atoms with Gasteiger partial charge in [-0.3, -0.25) is 4.68 Å². The van der Waals surface area contributed by atoms with Gasteiger partial charge in [-0.25, -0.2) is 13.8 Å². The van der Waals surface area contributed by atoms with E-state index < -0.39 is 11.6 Å². The molecule has 0 aliphatic carbocycles. The molecular weight excluding hydrogens is 412 g/mol. The molecule has 4 rings (SSSR count). The van der Waals surface area contributed by atoms with Gasteiger partial charge in [0, 0.05) is 17.5 Å². The van der Waals surface area contributed by atoms with Crippen molar-refractivity contribution in [1.82, 2.24) is 40.2 Å². The number of hydrogen-bond donors (Lipinski definition) is 1. The predicted octanol–water partition coefficient (Wildman–Crippen LogP) is 2.60. The third kappa shape index (κ3) is 3.85. The molecule has 9 nitrogen and oxygen atoms in total. The monoisotopic (exact) mass is 429 g/mol. The third-order valence-corrected chi connectivity index (χ3v) is 5.17. The third-order valence-electron chi connectivity index (χ3n) is 4.29. The van der Waals surface area contributed by atoms with Crippen LogP contribution in [0.15, 0.2) is 36.7 Å². The highest BCUT2D eigenvalue weighted by atomic mass is 32.2. The van der Waals surface area contributed by atoms with Crippen molar-refractivity contribution in [2.24, 2.45) is 0 Å².